The summed E-state index contributed by atoms with van der Waals surface area (Å²) in [4.78, 5) is 34.6. The summed E-state index contributed by atoms with van der Waals surface area (Å²) >= 11 is 0. The molecule has 2 N–H and O–H groups in total. The zero-order chi connectivity index (χ0) is 18.7. The van der Waals surface area contributed by atoms with Crippen molar-refractivity contribution in [2.45, 2.75) is 0 Å². The molecule has 0 fully saturated rings. The van der Waals surface area contributed by atoms with Crippen molar-refractivity contribution in [3.8, 4) is 17.2 Å². The summed E-state index contributed by atoms with van der Waals surface area (Å²) < 4.78 is 15.3. The summed E-state index contributed by atoms with van der Waals surface area (Å²) in [6.45, 7) is 0.0731. The molecule has 10 nitrogen and oxygen atoms in total. The second-order valence-electron chi connectivity index (χ2n) is 5.12. The maximum absolute atomic E-state index is 12.2. The van der Waals surface area contributed by atoms with Gasteiger partial charge in [-0.25, -0.2) is 0 Å². The number of non-ortho nitro benzene ring substituents is 1. The molecule has 1 aliphatic rings. The third-order valence-corrected chi connectivity index (χ3v) is 3.56. The van der Waals surface area contributed by atoms with Crippen molar-refractivity contribution in [2.75, 3.05) is 13.9 Å². The zero-order valence-corrected chi connectivity index (χ0v) is 13.5. The number of benzene rings is 2. The van der Waals surface area contributed by atoms with Gasteiger partial charge in [0.1, 0.15) is 5.75 Å². The molecule has 0 radical (unpaired) electrons. The highest BCUT2D eigenvalue weighted by Gasteiger charge is 2.19. The number of amides is 2. The third kappa shape index (κ3) is 3.34. The van der Waals surface area contributed by atoms with Gasteiger partial charge in [0, 0.05) is 17.7 Å². The van der Waals surface area contributed by atoms with Gasteiger partial charge in [-0.05, 0) is 24.3 Å². The molecule has 1 aliphatic heterocycles. The Morgan fingerprint density at radius 3 is 2.54 bits per heavy atom. The standard InChI is InChI=1S/C16H13N3O7/c1-24-12-5-3-10(19(22)23)7-11(12)16(21)18-17-15(20)9-2-4-13-14(6-9)26-8-25-13/h2-7H,8H2,1H3,(H,17,20)(H,18,21). The Labute approximate surface area is 146 Å². The number of hydrazine groups is 1. The topological polar surface area (TPSA) is 129 Å². The van der Waals surface area contributed by atoms with Gasteiger partial charge in [-0.3, -0.25) is 30.6 Å². The molecule has 3 rings (SSSR count). The Hall–Kier alpha value is -3.82. The second-order valence-corrected chi connectivity index (χ2v) is 5.12. The third-order valence-electron chi connectivity index (χ3n) is 3.56. The molecule has 0 bridgehead atoms. The van der Waals surface area contributed by atoms with Crippen molar-refractivity contribution in [2.24, 2.45) is 0 Å². The average molecular weight is 359 g/mol. The first kappa shape index (κ1) is 17.0. The SMILES string of the molecule is COc1ccc([N+](=O)[O-])cc1C(=O)NNC(=O)c1ccc2c(c1)OCO2. The molecule has 0 aliphatic carbocycles. The van der Waals surface area contributed by atoms with Crippen molar-refractivity contribution >= 4 is 17.5 Å². The average Bonchev–Trinajstić information content (AvgIpc) is 3.12. The first-order valence-corrected chi connectivity index (χ1v) is 7.32. The normalized spacial score (nSPS) is 11.6. The molecule has 0 unspecified atom stereocenters. The molecule has 0 atom stereocenters. The fourth-order valence-corrected chi connectivity index (χ4v) is 2.28. The van der Waals surface area contributed by atoms with Crippen LogP contribution in [-0.2, 0) is 0 Å². The van der Waals surface area contributed by atoms with Crippen LogP contribution >= 0.6 is 0 Å². The highest BCUT2D eigenvalue weighted by molar-refractivity contribution is 6.01. The Morgan fingerprint density at radius 2 is 1.81 bits per heavy atom. The highest BCUT2D eigenvalue weighted by atomic mass is 16.7. The first-order valence-electron chi connectivity index (χ1n) is 7.32. The van der Waals surface area contributed by atoms with E-state index in [9.17, 15) is 19.7 Å². The number of nitro benzene ring substituents is 1. The Kier molecular flexibility index (Phi) is 4.56. The van der Waals surface area contributed by atoms with Gasteiger partial charge >= 0.3 is 0 Å². The van der Waals surface area contributed by atoms with Gasteiger partial charge in [-0.15, -0.1) is 0 Å². The quantitative estimate of drug-likeness (QED) is 0.623. The second kappa shape index (κ2) is 6.97. The van der Waals surface area contributed by atoms with E-state index in [1.807, 2.05) is 0 Å². The van der Waals surface area contributed by atoms with Crippen LogP contribution in [0.25, 0.3) is 0 Å². The lowest BCUT2D eigenvalue weighted by Crippen LogP contribution is -2.41. The van der Waals surface area contributed by atoms with E-state index in [4.69, 9.17) is 14.2 Å². The molecule has 10 heteroatoms. The van der Waals surface area contributed by atoms with Gasteiger partial charge in [-0.2, -0.15) is 0 Å². The molecule has 0 saturated carbocycles. The monoisotopic (exact) mass is 359 g/mol. The van der Waals surface area contributed by atoms with Crippen LogP contribution in [-0.4, -0.2) is 30.6 Å². The Morgan fingerprint density at radius 1 is 1.08 bits per heavy atom. The summed E-state index contributed by atoms with van der Waals surface area (Å²) in [5, 5.41) is 10.9. The van der Waals surface area contributed by atoms with Crippen molar-refractivity contribution in [1.82, 2.24) is 10.9 Å². The van der Waals surface area contributed by atoms with Crippen molar-refractivity contribution in [3.63, 3.8) is 0 Å². The molecule has 134 valence electrons. The zero-order valence-electron chi connectivity index (χ0n) is 13.5. The van der Waals surface area contributed by atoms with Gasteiger partial charge < -0.3 is 14.2 Å². The van der Waals surface area contributed by atoms with Gasteiger partial charge in [-0.1, -0.05) is 0 Å². The van der Waals surface area contributed by atoms with E-state index in [0.717, 1.165) is 6.07 Å². The summed E-state index contributed by atoms with van der Waals surface area (Å²) in [6, 6.07) is 8.11. The fourth-order valence-electron chi connectivity index (χ4n) is 2.28. The molecule has 2 amide bonds. The molecule has 0 spiro atoms. The van der Waals surface area contributed by atoms with Crippen LogP contribution in [0.15, 0.2) is 36.4 Å². The number of methoxy groups -OCH3 is 1. The van der Waals surface area contributed by atoms with Crippen LogP contribution in [0.1, 0.15) is 20.7 Å². The summed E-state index contributed by atoms with van der Waals surface area (Å²) in [6.07, 6.45) is 0. The summed E-state index contributed by atoms with van der Waals surface area (Å²) in [5.74, 6) is -0.289. The predicted octanol–water partition coefficient (Wildman–Crippen LogP) is 1.41. The molecule has 0 aromatic heterocycles. The number of nitrogens with one attached hydrogen (secondary N) is 2. The first-order chi connectivity index (χ1) is 12.5. The molecular weight excluding hydrogens is 346 g/mol. The molecule has 2 aromatic rings. The van der Waals surface area contributed by atoms with E-state index in [1.54, 1.807) is 6.07 Å². The minimum atomic E-state index is -0.764. The lowest BCUT2D eigenvalue weighted by Gasteiger charge is -2.10. The number of nitrogens with zero attached hydrogens (tertiary/aromatic N) is 1. The smallest absolute Gasteiger partial charge is 0.273 e. The predicted molar refractivity (Wildman–Crippen MR) is 87.1 cm³/mol. The van der Waals surface area contributed by atoms with E-state index < -0.39 is 16.7 Å². The van der Waals surface area contributed by atoms with Crippen molar-refractivity contribution in [3.05, 3.63) is 57.6 Å². The van der Waals surface area contributed by atoms with Gasteiger partial charge in [0.15, 0.2) is 11.5 Å². The molecule has 26 heavy (non-hydrogen) atoms. The van der Waals surface area contributed by atoms with Gasteiger partial charge in [0.25, 0.3) is 17.5 Å². The number of carbonyl (C=O) groups is 2. The molecule has 1 heterocycles. The van der Waals surface area contributed by atoms with Crippen molar-refractivity contribution < 1.29 is 28.7 Å². The maximum atomic E-state index is 12.2. The Balaban J connectivity index is 1.71. The van der Waals surface area contributed by atoms with E-state index >= 15 is 0 Å². The van der Waals surface area contributed by atoms with Crippen LogP contribution in [0.5, 0.6) is 17.2 Å². The van der Waals surface area contributed by atoms with Crippen LogP contribution in [0, 0.1) is 10.1 Å². The number of carbonyl (C=O) groups excluding carboxylic acids is 2. The number of nitro groups is 1. The lowest BCUT2D eigenvalue weighted by atomic mass is 10.1. The molecule has 0 saturated heterocycles. The largest absolute Gasteiger partial charge is 0.496 e. The van der Waals surface area contributed by atoms with E-state index in [1.165, 1.54) is 31.4 Å². The van der Waals surface area contributed by atoms with E-state index in [-0.39, 0.29) is 29.4 Å². The minimum Gasteiger partial charge on any atom is -0.496 e. The van der Waals surface area contributed by atoms with E-state index in [0.29, 0.717) is 11.5 Å². The maximum Gasteiger partial charge on any atom is 0.273 e. The van der Waals surface area contributed by atoms with E-state index in [2.05, 4.69) is 10.9 Å². The molecule has 2 aromatic carbocycles. The van der Waals surface area contributed by atoms with Crippen LogP contribution < -0.4 is 25.1 Å². The lowest BCUT2D eigenvalue weighted by molar-refractivity contribution is -0.384. The number of hydrogen-bond donors (Lipinski definition) is 2. The van der Waals surface area contributed by atoms with Gasteiger partial charge in [0.05, 0.1) is 17.6 Å². The fraction of sp³-hybridized carbons (Fsp3) is 0.125. The van der Waals surface area contributed by atoms with Gasteiger partial charge in [0.2, 0.25) is 6.79 Å². The number of fused-ring (bicyclic) bond motifs is 1. The number of ether oxygens (including phenoxy) is 3. The number of hydrogen-bond acceptors (Lipinski definition) is 7. The molecular formula is C16H13N3O7. The van der Waals surface area contributed by atoms with Crippen LogP contribution in [0.3, 0.4) is 0 Å². The van der Waals surface area contributed by atoms with Crippen LogP contribution in [0.4, 0.5) is 5.69 Å². The summed E-state index contributed by atoms with van der Waals surface area (Å²) in [5.41, 5.74) is 4.29. The van der Waals surface area contributed by atoms with Crippen LogP contribution in [0.2, 0.25) is 0 Å². The minimum absolute atomic E-state index is 0.0731. The summed E-state index contributed by atoms with van der Waals surface area (Å²) in [7, 11) is 1.32. The van der Waals surface area contributed by atoms with Crippen molar-refractivity contribution in [1.29, 1.82) is 0 Å². The Bertz CT molecular complexity index is 897. The highest BCUT2D eigenvalue weighted by Crippen LogP contribution is 2.32. The number of rotatable bonds is 4.